The summed E-state index contributed by atoms with van der Waals surface area (Å²) < 4.78 is 37.7. The number of fused-ring (bicyclic) bond motifs is 2. The molecule has 350 valence electrons. The largest absolute Gasteiger partial charge is 0.496 e. The van der Waals surface area contributed by atoms with Crippen LogP contribution in [-0.4, -0.2) is 115 Å². The average Bonchev–Trinajstić information content (AvgIpc) is 3.31. The van der Waals surface area contributed by atoms with E-state index in [1.54, 1.807) is 36.4 Å². The van der Waals surface area contributed by atoms with Crippen molar-refractivity contribution in [2.75, 3.05) is 59.9 Å². The van der Waals surface area contributed by atoms with Gasteiger partial charge in [0.05, 0.1) is 55.7 Å². The van der Waals surface area contributed by atoms with E-state index in [-0.39, 0.29) is 88.4 Å². The van der Waals surface area contributed by atoms with Gasteiger partial charge in [0.1, 0.15) is 41.4 Å². The highest BCUT2D eigenvalue weighted by molar-refractivity contribution is 6.03. The molecule has 65 heavy (non-hydrogen) atoms. The summed E-state index contributed by atoms with van der Waals surface area (Å²) in [6.07, 6.45) is 7.86. The molecule has 1 heterocycles. The Hall–Kier alpha value is -5.85. The van der Waals surface area contributed by atoms with Crippen molar-refractivity contribution in [3.05, 3.63) is 106 Å². The molecule has 3 aromatic rings. The molecule has 0 saturated heterocycles. The van der Waals surface area contributed by atoms with Gasteiger partial charge in [0.2, 0.25) is 5.79 Å². The van der Waals surface area contributed by atoms with Crippen molar-refractivity contribution in [2.24, 2.45) is 22.9 Å². The molecule has 0 radical (unpaired) electrons. The number of hydrogen-bond donors (Lipinski definition) is 3. The molecular formula is C48H59N3O14. The second-order valence-electron chi connectivity index (χ2n) is 16.0. The first-order valence-corrected chi connectivity index (χ1v) is 22.1. The van der Waals surface area contributed by atoms with Crippen molar-refractivity contribution < 1.29 is 63.1 Å². The number of benzene rings is 3. The zero-order valence-electron chi connectivity index (χ0n) is 36.9. The smallest absolute Gasteiger partial charge is 0.415 e. The fraction of sp³-hybridized carbons (Fsp3) is 0.479. The van der Waals surface area contributed by atoms with Crippen molar-refractivity contribution >= 4 is 23.8 Å². The maximum atomic E-state index is 14.7. The number of hydrogen-bond acceptors (Lipinski definition) is 15. The Morgan fingerprint density at radius 2 is 1.71 bits per heavy atom. The molecule has 0 unspecified atom stereocenters. The summed E-state index contributed by atoms with van der Waals surface area (Å²) in [4.78, 5) is 44.8. The molecule has 0 spiro atoms. The number of nitrogens with zero attached hydrogens (tertiary/aromatic N) is 3. The van der Waals surface area contributed by atoms with E-state index in [0.717, 1.165) is 24.0 Å². The van der Waals surface area contributed by atoms with Crippen molar-refractivity contribution in [1.29, 1.82) is 0 Å². The molecule has 2 aliphatic carbocycles. The van der Waals surface area contributed by atoms with Gasteiger partial charge in [-0.25, -0.2) is 4.79 Å². The maximum absolute atomic E-state index is 14.7. The van der Waals surface area contributed by atoms with Crippen LogP contribution in [0.1, 0.15) is 73.7 Å². The summed E-state index contributed by atoms with van der Waals surface area (Å²) in [5, 5.41) is 45.5. The van der Waals surface area contributed by atoms with E-state index in [1.165, 1.54) is 36.3 Å². The Balaban J connectivity index is 1.56. The second kappa shape index (κ2) is 23.4. The molecule has 3 aromatic carbocycles. The van der Waals surface area contributed by atoms with Crippen molar-refractivity contribution in [3.8, 4) is 28.7 Å². The lowest BCUT2D eigenvalue weighted by molar-refractivity contribution is -0.384. The Morgan fingerprint density at radius 3 is 2.38 bits per heavy atom. The number of aliphatic hydroxyl groups is 3. The topological polar surface area (TPSA) is 218 Å². The number of unbranched alkanes of at least 4 members (excludes halogenated alkanes) is 2. The van der Waals surface area contributed by atoms with Crippen LogP contribution in [0, 0.1) is 27.9 Å². The average molecular weight is 902 g/mol. The summed E-state index contributed by atoms with van der Waals surface area (Å²) >= 11 is 0. The van der Waals surface area contributed by atoms with E-state index in [1.807, 2.05) is 13.0 Å². The molecule has 1 amide bonds. The monoisotopic (exact) mass is 901 g/mol. The molecule has 0 aromatic heterocycles. The lowest BCUT2D eigenvalue weighted by Gasteiger charge is -2.59. The third kappa shape index (κ3) is 11.2. The third-order valence-corrected chi connectivity index (χ3v) is 12.1. The number of aliphatic hydroxyl groups excluding tert-OH is 3. The van der Waals surface area contributed by atoms with Crippen LogP contribution in [0.3, 0.4) is 0 Å². The van der Waals surface area contributed by atoms with E-state index in [2.05, 4.69) is 12.7 Å². The fourth-order valence-electron chi connectivity index (χ4n) is 9.36. The quantitative estimate of drug-likeness (QED) is 0.0249. The lowest BCUT2D eigenvalue weighted by atomic mass is 9.55. The minimum absolute atomic E-state index is 0.0101. The van der Waals surface area contributed by atoms with Gasteiger partial charge < -0.3 is 48.6 Å². The van der Waals surface area contributed by atoms with Gasteiger partial charge in [0, 0.05) is 49.8 Å². The zero-order valence-corrected chi connectivity index (χ0v) is 36.9. The van der Waals surface area contributed by atoms with Crippen LogP contribution >= 0.6 is 0 Å². The number of ether oxygens (including phenoxy) is 6. The first kappa shape index (κ1) is 48.6. The number of carbonyl (C=O) groups excluding carboxylic acids is 2. The van der Waals surface area contributed by atoms with Gasteiger partial charge in [-0.1, -0.05) is 30.1 Å². The van der Waals surface area contributed by atoms with Gasteiger partial charge in [-0.05, 0) is 98.5 Å². The highest BCUT2D eigenvalue weighted by Gasteiger charge is 2.65. The maximum Gasteiger partial charge on any atom is 0.415 e. The summed E-state index contributed by atoms with van der Waals surface area (Å²) in [5.41, 5.74) is 2.33. The molecule has 3 aliphatic rings. The summed E-state index contributed by atoms with van der Waals surface area (Å²) in [5.74, 6) is -0.933. The number of nitro groups is 1. The molecular weight excluding hydrogens is 843 g/mol. The van der Waals surface area contributed by atoms with Gasteiger partial charge in [-0.15, -0.1) is 6.58 Å². The fourth-order valence-corrected chi connectivity index (χ4v) is 9.36. The Bertz CT molecular complexity index is 2160. The van der Waals surface area contributed by atoms with Crippen LogP contribution in [0.4, 0.5) is 10.5 Å². The number of rotatable bonds is 25. The van der Waals surface area contributed by atoms with Gasteiger partial charge in [0.15, 0.2) is 6.29 Å². The molecule has 1 aliphatic heterocycles. The van der Waals surface area contributed by atoms with E-state index in [0.29, 0.717) is 66.2 Å². The molecule has 3 N–H and O–H groups in total. The number of oxime groups is 1. The SMILES string of the molecule is C=CCO[C@@]12Oc3ccc(Oc4ccc(OC)c(C=O)c4)cc3[C@H]3[C@H](CCCCO)[C@@H](CCCCO)C=C(C(=NOCC)C[C@@H]1N(CCOCCO)C(=O)Oc1ccc([N+](=O)[O-])cc1)[C@H]32. The zero-order chi connectivity index (χ0) is 46.3. The van der Waals surface area contributed by atoms with Gasteiger partial charge in [-0.2, -0.15) is 0 Å². The Kier molecular flexibility index (Phi) is 17.5. The molecule has 17 heteroatoms. The number of methoxy groups -OCH3 is 1. The first-order valence-electron chi connectivity index (χ1n) is 22.1. The predicted octanol–water partition coefficient (Wildman–Crippen LogP) is 7.37. The van der Waals surface area contributed by atoms with E-state index < -0.39 is 28.8 Å². The molecule has 6 rings (SSSR count). The summed E-state index contributed by atoms with van der Waals surface area (Å²) in [6.45, 7) is 5.83. The number of amides is 1. The highest BCUT2D eigenvalue weighted by Crippen LogP contribution is 2.62. The van der Waals surface area contributed by atoms with E-state index in [9.17, 15) is 35.0 Å². The number of carbonyl (C=O) groups is 2. The van der Waals surface area contributed by atoms with Crippen LogP contribution in [0.15, 0.2) is 90.1 Å². The summed E-state index contributed by atoms with van der Waals surface area (Å²) in [7, 11) is 1.48. The molecule has 1 saturated carbocycles. The number of nitro benzene ring substituents is 1. The number of non-ortho nitro benzene ring substituents is 1. The van der Waals surface area contributed by atoms with Crippen LogP contribution in [0.5, 0.6) is 28.7 Å². The third-order valence-electron chi connectivity index (χ3n) is 12.1. The van der Waals surface area contributed by atoms with Gasteiger partial charge in [0.25, 0.3) is 5.69 Å². The minimum Gasteiger partial charge on any atom is -0.496 e. The van der Waals surface area contributed by atoms with E-state index in [4.69, 9.17) is 38.4 Å². The predicted molar refractivity (Wildman–Crippen MR) is 239 cm³/mol. The van der Waals surface area contributed by atoms with Gasteiger partial charge >= 0.3 is 6.09 Å². The van der Waals surface area contributed by atoms with Crippen molar-refractivity contribution in [3.63, 3.8) is 0 Å². The number of aldehydes is 1. The van der Waals surface area contributed by atoms with Crippen molar-refractivity contribution in [1.82, 2.24) is 4.90 Å². The number of allylic oxidation sites excluding steroid dienone is 1. The van der Waals surface area contributed by atoms with Crippen LogP contribution in [0.2, 0.25) is 0 Å². The molecule has 0 bridgehead atoms. The van der Waals surface area contributed by atoms with Crippen LogP contribution in [0.25, 0.3) is 0 Å². The molecule has 1 fully saturated rings. The highest BCUT2D eigenvalue weighted by atomic mass is 16.7. The second-order valence-corrected chi connectivity index (χ2v) is 16.0. The van der Waals surface area contributed by atoms with E-state index >= 15 is 0 Å². The van der Waals surface area contributed by atoms with Crippen LogP contribution in [-0.2, 0) is 14.3 Å². The first-order chi connectivity index (χ1) is 31.7. The minimum atomic E-state index is -1.63. The standard InChI is InChI=1S/C48H59N3O14/c1-4-24-61-48-44(50(20-25-60-26-23-54)47(56)64-35-14-12-34(13-15-35)51(57)58)30-41(49-62-5-2)39-28-32(10-6-8-21-52)38(11-7-9-22-53)45(46(39)48)40-29-37(17-19-43(40)65-48)63-36-16-18-42(59-3)33(27-36)31-55/h4,12-19,27-29,31-32,38,44-46,52-54H,1,5-11,20-26,30H2,2-3H3/t32-,38+,44-,45+,46+,48+/m0/s1. The Morgan fingerprint density at radius 1 is 0.985 bits per heavy atom. The lowest BCUT2D eigenvalue weighted by Crippen LogP contribution is -2.70. The normalized spacial score (nSPS) is 22.4. The van der Waals surface area contributed by atoms with Crippen LogP contribution < -0.4 is 18.9 Å². The molecule has 17 nitrogen and oxygen atoms in total. The summed E-state index contributed by atoms with van der Waals surface area (Å²) in [6, 6.07) is 14.7. The molecule has 6 atom stereocenters. The van der Waals surface area contributed by atoms with Crippen molar-refractivity contribution in [2.45, 2.75) is 69.6 Å². The Labute approximate surface area is 378 Å². The van der Waals surface area contributed by atoms with Gasteiger partial charge in [-0.3, -0.25) is 19.8 Å².